The third kappa shape index (κ3) is 3.37. The molecular formula is C17H25N5OS. The molecule has 1 aliphatic rings. The van der Waals surface area contributed by atoms with Crippen LogP contribution in [-0.2, 0) is 0 Å². The number of aromatic nitrogens is 2. The van der Waals surface area contributed by atoms with Crippen molar-refractivity contribution < 1.29 is 4.79 Å². The molecule has 1 saturated heterocycles. The van der Waals surface area contributed by atoms with E-state index < -0.39 is 0 Å². The van der Waals surface area contributed by atoms with Crippen LogP contribution in [0.2, 0.25) is 0 Å². The standard InChI is InChI=1S/C17H25N5OS/c1-11(2)9-18-16(23)14-12(3)13-15(19-10-20-17(13)24-14)22-7-5-21(4)6-8-22/h10-11H,5-9H2,1-4H3,(H,18,23). The molecule has 1 aliphatic heterocycles. The van der Waals surface area contributed by atoms with E-state index in [0.29, 0.717) is 12.5 Å². The van der Waals surface area contributed by atoms with Crippen molar-refractivity contribution in [1.82, 2.24) is 20.2 Å². The highest BCUT2D eigenvalue weighted by atomic mass is 32.1. The number of carbonyl (C=O) groups is 1. The van der Waals surface area contributed by atoms with Gasteiger partial charge in [0.2, 0.25) is 0 Å². The number of hydrogen-bond acceptors (Lipinski definition) is 6. The van der Waals surface area contributed by atoms with Crippen molar-refractivity contribution in [2.24, 2.45) is 5.92 Å². The second-order valence-corrected chi connectivity index (χ2v) is 7.83. The van der Waals surface area contributed by atoms with Gasteiger partial charge in [-0.3, -0.25) is 4.79 Å². The summed E-state index contributed by atoms with van der Waals surface area (Å²) in [6, 6.07) is 0. The summed E-state index contributed by atoms with van der Waals surface area (Å²) in [6.45, 7) is 10.8. The largest absolute Gasteiger partial charge is 0.353 e. The summed E-state index contributed by atoms with van der Waals surface area (Å²) >= 11 is 1.46. The molecule has 3 rings (SSSR count). The number of thiophene rings is 1. The van der Waals surface area contributed by atoms with Gasteiger partial charge in [0, 0.05) is 32.7 Å². The van der Waals surface area contributed by atoms with E-state index in [9.17, 15) is 4.79 Å². The highest BCUT2D eigenvalue weighted by Crippen LogP contribution is 2.35. The number of piperazine rings is 1. The summed E-state index contributed by atoms with van der Waals surface area (Å²) in [5, 5.41) is 4.04. The van der Waals surface area contributed by atoms with Gasteiger partial charge in [0.25, 0.3) is 5.91 Å². The van der Waals surface area contributed by atoms with E-state index in [-0.39, 0.29) is 5.91 Å². The fourth-order valence-corrected chi connectivity index (χ4v) is 3.96. The highest BCUT2D eigenvalue weighted by molar-refractivity contribution is 7.20. The molecule has 0 bridgehead atoms. The van der Waals surface area contributed by atoms with Crippen LogP contribution < -0.4 is 10.2 Å². The Balaban J connectivity index is 1.93. The number of nitrogens with one attached hydrogen (secondary N) is 1. The summed E-state index contributed by atoms with van der Waals surface area (Å²) < 4.78 is 0. The molecule has 3 heterocycles. The Morgan fingerprint density at radius 1 is 1.29 bits per heavy atom. The molecule has 0 atom stereocenters. The van der Waals surface area contributed by atoms with Crippen LogP contribution in [0.3, 0.4) is 0 Å². The van der Waals surface area contributed by atoms with Crippen molar-refractivity contribution in [2.75, 3.05) is 44.7 Å². The zero-order chi connectivity index (χ0) is 17.3. The van der Waals surface area contributed by atoms with Gasteiger partial charge in [0.1, 0.15) is 17.0 Å². The molecule has 1 amide bonds. The zero-order valence-electron chi connectivity index (χ0n) is 14.8. The van der Waals surface area contributed by atoms with E-state index >= 15 is 0 Å². The number of carbonyl (C=O) groups excluding carboxylic acids is 1. The second kappa shape index (κ2) is 7.03. The zero-order valence-corrected chi connectivity index (χ0v) is 15.6. The van der Waals surface area contributed by atoms with Crippen molar-refractivity contribution in [2.45, 2.75) is 20.8 Å². The molecule has 0 saturated carbocycles. The van der Waals surface area contributed by atoms with Crippen molar-refractivity contribution >= 4 is 33.3 Å². The maximum absolute atomic E-state index is 12.5. The molecule has 7 heteroatoms. The Morgan fingerprint density at radius 2 is 2.00 bits per heavy atom. The Kier molecular flexibility index (Phi) is 5.01. The fourth-order valence-electron chi connectivity index (χ4n) is 2.90. The van der Waals surface area contributed by atoms with Crippen LogP contribution in [0.5, 0.6) is 0 Å². The third-order valence-corrected chi connectivity index (χ3v) is 5.59. The van der Waals surface area contributed by atoms with Crippen LogP contribution in [0.25, 0.3) is 10.2 Å². The minimum atomic E-state index is -0.00599. The lowest BCUT2D eigenvalue weighted by Crippen LogP contribution is -2.44. The van der Waals surface area contributed by atoms with Crippen LogP contribution in [0.15, 0.2) is 6.33 Å². The molecule has 24 heavy (non-hydrogen) atoms. The molecule has 2 aromatic rings. The van der Waals surface area contributed by atoms with E-state index in [1.165, 1.54) is 11.3 Å². The van der Waals surface area contributed by atoms with Crippen LogP contribution in [0, 0.1) is 12.8 Å². The summed E-state index contributed by atoms with van der Waals surface area (Å²) in [5.74, 6) is 1.39. The number of aryl methyl sites for hydroxylation is 1. The SMILES string of the molecule is Cc1c(C(=O)NCC(C)C)sc2ncnc(N3CCN(C)CC3)c12. The monoisotopic (exact) mass is 347 g/mol. The number of amides is 1. The van der Waals surface area contributed by atoms with E-state index in [2.05, 4.69) is 46.0 Å². The molecule has 0 aliphatic carbocycles. The number of nitrogens with zero attached hydrogens (tertiary/aromatic N) is 4. The molecule has 0 aromatic carbocycles. The Bertz CT molecular complexity index is 734. The Labute approximate surface area is 146 Å². The maximum atomic E-state index is 12.5. The molecule has 1 N–H and O–H groups in total. The van der Waals surface area contributed by atoms with Crippen molar-refractivity contribution in [3.63, 3.8) is 0 Å². The first-order valence-corrected chi connectivity index (χ1v) is 9.24. The van der Waals surface area contributed by atoms with E-state index in [0.717, 1.165) is 52.7 Å². The second-order valence-electron chi connectivity index (χ2n) is 6.83. The lowest BCUT2D eigenvalue weighted by molar-refractivity contribution is 0.0952. The van der Waals surface area contributed by atoms with Gasteiger partial charge >= 0.3 is 0 Å². The van der Waals surface area contributed by atoms with Gasteiger partial charge in [0.05, 0.1) is 10.3 Å². The predicted octanol–water partition coefficient (Wildman–Crippen LogP) is 2.14. The highest BCUT2D eigenvalue weighted by Gasteiger charge is 2.23. The van der Waals surface area contributed by atoms with Gasteiger partial charge < -0.3 is 15.1 Å². The van der Waals surface area contributed by atoms with Crippen molar-refractivity contribution in [1.29, 1.82) is 0 Å². The first-order chi connectivity index (χ1) is 11.5. The Hall–Kier alpha value is -1.73. The molecule has 0 unspecified atom stereocenters. The minimum Gasteiger partial charge on any atom is -0.353 e. The average molecular weight is 347 g/mol. The molecule has 130 valence electrons. The van der Waals surface area contributed by atoms with Crippen LogP contribution in [0.4, 0.5) is 5.82 Å². The molecule has 0 spiro atoms. The number of hydrogen-bond donors (Lipinski definition) is 1. The summed E-state index contributed by atoms with van der Waals surface area (Å²) in [7, 11) is 2.14. The van der Waals surface area contributed by atoms with Crippen LogP contribution in [0.1, 0.15) is 29.1 Å². The number of likely N-dealkylation sites (N-methyl/N-ethyl adjacent to an activating group) is 1. The number of fused-ring (bicyclic) bond motifs is 1. The van der Waals surface area contributed by atoms with E-state index in [1.807, 2.05) is 6.92 Å². The average Bonchev–Trinajstić information content (AvgIpc) is 2.90. The summed E-state index contributed by atoms with van der Waals surface area (Å²) in [6.07, 6.45) is 1.61. The van der Waals surface area contributed by atoms with Gasteiger partial charge in [-0.2, -0.15) is 0 Å². The number of rotatable bonds is 4. The number of anilines is 1. The maximum Gasteiger partial charge on any atom is 0.261 e. The quantitative estimate of drug-likeness (QED) is 0.918. The summed E-state index contributed by atoms with van der Waals surface area (Å²) in [5.41, 5.74) is 0.991. The lowest BCUT2D eigenvalue weighted by atomic mass is 10.1. The predicted molar refractivity (Wildman–Crippen MR) is 99.0 cm³/mol. The normalized spacial score (nSPS) is 16.1. The molecular weight excluding hydrogens is 322 g/mol. The topological polar surface area (TPSA) is 61.4 Å². The summed E-state index contributed by atoms with van der Waals surface area (Å²) in [4.78, 5) is 27.7. The van der Waals surface area contributed by atoms with E-state index in [4.69, 9.17) is 0 Å². The van der Waals surface area contributed by atoms with E-state index in [1.54, 1.807) is 6.33 Å². The first-order valence-electron chi connectivity index (χ1n) is 8.43. The van der Waals surface area contributed by atoms with Crippen LogP contribution >= 0.6 is 11.3 Å². The Morgan fingerprint density at radius 3 is 2.67 bits per heavy atom. The third-order valence-electron chi connectivity index (χ3n) is 4.39. The van der Waals surface area contributed by atoms with Gasteiger partial charge in [-0.1, -0.05) is 13.8 Å². The van der Waals surface area contributed by atoms with Gasteiger partial charge in [0.15, 0.2) is 0 Å². The van der Waals surface area contributed by atoms with Crippen molar-refractivity contribution in [3.8, 4) is 0 Å². The molecule has 6 nitrogen and oxygen atoms in total. The van der Waals surface area contributed by atoms with Gasteiger partial charge in [-0.05, 0) is 25.5 Å². The lowest BCUT2D eigenvalue weighted by Gasteiger charge is -2.33. The molecule has 1 fully saturated rings. The first kappa shape index (κ1) is 17.1. The molecule has 0 radical (unpaired) electrons. The van der Waals surface area contributed by atoms with Gasteiger partial charge in [-0.15, -0.1) is 11.3 Å². The van der Waals surface area contributed by atoms with Gasteiger partial charge in [-0.25, -0.2) is 9.97 Å². The van der Waals surface area contributed by atoms with Crippen molar-refractivity contribution in [3.05, 3.63) is 16.8 Å². The molecule has 2 aromatic heterocycles. The minimum absolute atomic E-state index is 0.00599. The fraction of sp³-hybridized carbons (Fsp3) is 0.588. The van der Waals surface area contributed by atoms with Crippen LogP contribution in [-0.4, -0.2) is 60.5 Å². The smallest absolute Gasteiger partial charge is 0.261 e.